The third kappa shape index (κ3) is 2.46. The predicted molar refractivity (Wildman–Crippen MR) is 84.5 cm³/mol. The first-order valence-electron chi connectivity index (χ1n) is 7.45. The molecule has 1 saturated heterocycles. The highest BCUT2D eigenvalue weighted by molar-refractivity contribution is 7.07. The number of ether oxygens (including phenoxy) is 1. The van der Waals surface area contributed by atoms with Gasteiger partial charge in [0.1, 0.15) is 11.4 Å². The largest absolute Gasteiger partial charge is 0.465 e. The summed E-state index contributed by atoms with van der Waals surface area (Å²) in [4.78, 5) is 30.7. The van der Waals surface area contributed by atoms with Crippen LogP contribution in [-0.2, 0) is 0 Å². The standard InChI is InChI=1S/C16H15N3O3S/c20-14-11-4-1-2-5-13(11)22-16(18-14)6-3-7-19(9-16)15(21)12-8-23-10-17-12/h1-2,4-5,8,10H,3,6-7,9H2,(H,18,20)/t16-/m0/s1. The molecule has 2 aliphatic heterocycles. The van der Waals surface area contributed by atoms with Gasteiger partial charge in [0.15, 0.2) is 0 Å². The molecule has 7 heteroatoms. The number of thiazole rings is 1. The number of piperidine rings is 1. The number of rotatable bonds is 1. The fraction of sp³-hybridized carbons (Fsp3) is 0.312. The third-order valence-electron chi connectivity index (χ3n) is 4.17. The number of nitrogens with one attached hydrogen (secondary N) is 1. The maximum Gasteiger partial charge on any atom is 0.273 e. The molecular weight excluding hydrogens is 314 g/mol. The molecule has 1 N–H and O–H groups in total. The van der Waals surface area contributed by atoms with Crippen molar-refractivity contribution in [3.8, 4) is 5.75 Å². The van der Waals surface area contributed by atoms with E-state index in [4.69, 9.17) is 4.74 Å². The Labute approximate surface area is 137 Å². The van der Waals surface area contributed by atoms with E-state index < -0.39 is 5.72 Å². The second-order valence-electron chi connectivity index (χ2n) is 5.75. The second-order valence-corrected chi connectivity index (χ2v) is 6.47. The number of carbonyl (C=O) groups is 2. The molecule has 2 aliphatic rings. The monoisotopic (exact) mass is 329 g/mol. The Morgan fingerprint density at radius 2 is 2.26 bits per heavy atom. The molecule has 1 aromatic heterocycles. The SMILES string of the molecule is O=C1N[C@@]2(CCCN(C(=O)c3cscn3)C2)Oc2ccccc21. The highest BCUT2D eigenvalue weighted by Crippen LogP contribution is 2.32. The van der Waals surface area contributed by atoms with Crippen molar-refractivity contribution in [1.82, 2.24) is 15.2 Å². The summed E-state index contributed by atoms with van der Waals surface area (Å²) in [5.74, 6) is 0.288. The van der Waals surface area contributed by atoms with Crippen LogP contribution >= 0.6 is 11.3 Å². The molecule has 1 fully saturated rings. The van der Waals surface area contributed by atoms with Gasteiger partial charge in [0, 0.05) is 18.3 Å². The van der Waals surface area contributed by atoms with Gasteiger partial charge in [0.2, 0.25) is 5.72 Å². The lowest BCUT2D eigenvalue weighted by atomic mass is 9.97. The molecule has 2 aromatic rings. The van der Waals surface area contributed by atoms with Crippen LogP contribution in [0.5, 0.6) is 5.75 Å². The molecule has 23 heavy (non-hydrogen) atoms. The average Bonchev–Trinajstić information content (AvgIpc) is 3.08. The minimum absolute atomic E-state index is 0.123. The fourth-order valence-electron chi connectivity index (χ4n) is 3.11. The molecule has 3 heterocycles. The summed E-state index contributed by atoms with van der Waals surface area (Å²) in [5.41, 5.74) is 1.76. The summed E-state index contributed by atoms with van der Waals surface area (Å²) < 4.78 is 6.08. The Hall–Kier alpha value is -2.41. The molecule has 0 aliphatic carbocycles. The van der Waals surface area contributed by atoms with Gasteiger partial charge in [0.25, 0.3) is 11.8 Å². The van der Waals surface area contributed by atoms with E-state index in [9.17, 15) is 9.59 Å². The van der Waals surface area contributed by atoms with E-state index >= 15 is 0 Å². The topological polar surface area (TPSA) is 71.5 Å². The lowest BCUT2D eigenvalue weighted by Gasteiger charge is -2.45. The Morgan fingerprint density at radius 3 is 3.09 bits per heavy atom. The highest BCUT2D eigenvalue weighted by Gasteiger charge is 2.44. The maximum absolute atomic E-state index is 12.5. The second kappa shape index (κ2) is 5.34. The number of nitrogens with zero attached hydrogens (tertiary/aromatic N) is 2. The summed E-state index contributed by atoms with van der Waals surface area (Å²) in [7, 11) is 0. The maximum atomic E-state index is 12.5. The van der Waals surface area contributed by atoms with Crippen LogP contribution in [0.2, 0.25) is 0 Å². The van der Waals surface area contributed by atoms with E-state index in [-0.39, 0.29) is 11.8 Å². The number of fused-ring (bicyclic) bond motifs is 1. The highest BCUT2D eigenvalue weighted by atomic mass is 32.1. The summed E-state index contributed by atoms with van der Waals surface area (Å²) in [5, 5.41) is 4.68. The van der Waals surface area contributed by atoms with Crippen molar-refractivity contribution in [2.75, 3.05) is 13.1 Å². The van der Waals surface area contributed by atoms with Gasteiger partial charge in [-0.25, -0.2) is 4.98 Å². The third-order valence-corrected chi connectivity index (χ3v) is 4.76. The molecule has 0 saturated carbocycles. The quantitative estimate of drug-likeness (QED) is 0.867. The van der Waals surface area contributed by atoms with Crippen molar-refractivity contribution in [3.05, 3.63) is 46.4 Å². The minimum atomic E-state index is -0.852. The van der Waals surface area contributed by atoms with Gasteiger partial charge >= 0.3 is 0 Å². The van der Waals surface area contributed by atoms with E-state index in [0.717, 1.165) is 6.42 Å². The molecular formula is C16H15N3O3S. The lowest BCUT2D eigenvalue weighted by Crippen LogP contribution is -2.64. The smallest absolute Gasteiger partial charge is 0.273 e. The zero-order chi connectivity index (χ0) is 15.9. The lowest BCUT2D eigenvalue weighted by molar-refractivity contribution is -0.0315. The Morgan fingerprint density at radius 1 is 1.39 bits per heavy atom. The predicted octanol–water partition coefficient (Wildman–Crippen LogP) is 1.90. The normalized spacial score (nSPS) is 23.1. The van der Waals surface area contributed by atoms with Gasteiger partial charge < -0.3 is 15.0 Å². The molecule has 2 amide bonds. The minimum Gasteiger partial charge on any atom is -0.465 e. The zero-order valence-electron chi connectivity index (χ0n) is 12.3. The van der Waals surface area contributed by atoms with Gasteiger partial charge in [-0.3, -0.25) is 9.59 Å². The number of para-hydroxylation sites is 1. The molecule has 0 unspecified atom stereocenters. The van der Waals surface area contributed by atoms with E-state index in [1.54, 1.807) is 34.0 Å². The van der Waals surface area contributed by atoms with Crippen LogP contribution in [-0.4, -0.2) is 40.5 Å². The summed E-state index contributed by atoms with van der Waals surface area (Å²) >= 11 is 1.39. The van der Waals surface area contributed by atoms with Crippen molar-refractivity contribution in [2.24, 2.45) is 0 Å². The van der Waals surface area contributed by atoms with Crippen LogP contribution in [0.1, 0.15) is 33.7 Å². The van der Waals surface area contributed by atoms with Crippen LogP contribution in [0, 0.1) is 0 Å². The first-order chi connectivity index (χ1) is 11.2. The van der Waals surface area contributed by atoms with E-state index in [1.807, 2.05) is 6.07 Å². The van der Waals surface area contributed by atoms with Crippen molar-refractivity contribution in [1.29, 1.82) is 0 Å². The van der Waals surface area contributed by atoms with Gasteiger partial charge in [-0.15, -0.1) is 11.3 Å². The molecule has 1 aromatic carbocycles. The van der Waals surface area contributed by atoms with Crippen molar-refractivity contribution in [3.63, 3.8) is 0 Å². The van der Waals surface area contributed by atoms with Crippen LogP contribution in [0.15, 0.2) is 35.2 Å². The van der Waals surface area contributed by atoms with Gasteiger partial charge in [0.05, 0.1) is 17.6 Å². The van der Waals surface area contributed by atoms with Gasteiger partial charge in [-0.1, -0.05) is 12.1 Å². The summed E-state index contributed by atoms with van der Waals surface area (Å²) in [6.45, 7) is 0.961. The van der Waals surface area contributed by atoms with Gasteiger partial charge in [-0.2, -0.15) is 0 Å². The molecule has 0 bridgehead atoms. The number of amides is 2. The average molecular weight is 329 g/mol. The van der Waals surface area contributed by atoms with E-state index in [2.05, 4.69) is 10.3 Å². The summed E-state index contributed by atoms with van der Waals surface area (Å²) in [6, 6.07) is 7.17. The molecule has 118 valence electrons. The molecule has 0 radical (unpaired) electrons. The Balaban J connectivity index is 1.60. The van der Waals surface area contributed by atoms with Crippen LogP contribution in [0.25, 0.3) is 0 Å². The fourth-order valence-corrected chi connectivity index (χ4v) is 3.64. The number of likely N-dealkylation sites (tertiary alicyclic amines) is 1. The van der Waals surface area contributed by atoms with Crippen molar-refractivity contribution in [2.45, 2.75) is 18.6 Å². The summed E-state index contributed by atoms with van der Waals surface area (Å²) in [6.07, 6.45) is 1.44. The van der Waals surface area contributed by atoms with E-state index in [1.165, 1.54) is 11.3 Å². The number of aromatic nitrogens is 1. The molecule has 4 rings (SSSR count). The van der Waals surface area contributed by atoms with Crippen molar-refractivity contribution >= 4 is 23.2 Å². The molecule has 1 atom stereocenters. The van der Waals surface area contributed by atoms with E-state index in [0.29, 0.717) is 36.5 Å². The van der Waals surface area contributed by atoms with Crippen LogP contribution in [0.3, 0.4) is 0 Å². The Bertz CT molecular complexity index is 762. The Kier molecular flexibility index (Phi) is 3.30. The zero-order valence-corrected chi connectivity index (χ0v) is 13.1. The number of benzene rings is 1. The number of hydrogen-bond donors (Lipinski definition) is 1. The molecule has 1 spiro atoms. The van der Waals surface area contributed by atoms with Crippen LogP contribution < -0.4 is 10.1 Å². The van der Waals surface area contributed by atoms with Crippen LogP contribution in [0.4, 0.5) is 0 Å². The first-order valence-corrected chi connectivity index (χ1v) is 8.39. The van der Waals surface area contributed by atoms with Crippen molar-refractivity contribution < 1.29 is 14.3 Å². The number of carbonyl (C=O) groups excluding carboxylic acids is 2. The molecule has 6 nitrogen and oxygen atoms in total. The first kappa shape index (κ1) is 14.2. The van der Waals surface area contributed by atoms with Gasteiger partial charge in [-0.05, 0) is 18.6 Å². The number of hydrogen-bond acceptors (Lipinski definition) is 5.